The normalized spacial score (nSPS) is 14.9. The van der Waals surface area contributed by atoms with Crippen LogP contribution in [0.3, 0.4) is 0 Å². The summed E-state index contributed by atoms with van der Waals surface area (Å²) >= 11 is 1.31. The maximum absolute atomic E-state index is 14.2. The number of rotatable bonds is 8. The monoisotopic (exact) mass is 575 g/mol. The van der Waals surface area contributed by atoms with Crippen LogP contribution in [0.15, 0.2) is 113 Å². The Morgan fingerprint density at radius 3 is 2.55 bits per heavy atom. The summed E-state index contributed by atoms with van der Waals surface area (Å²) in [4.78, 5) is 36.2. The highest BCUT2D eigenvalue weighted by Crippen LogP contribution is 2.33. The van der Waals surface area contributed by atoms with Gasteiger partial charge >= 0.3 is 5.97 Å². The first kappa shape index (κ1) is 27.2. The Kier molecular flexibility index (Phi) is 7.46. The molecule has 1 atom stereocenters. The summed E-state index contributed by atoms with van der Waals surface area (Å²) in [7, 11) is 0. The van der Waals surface area contributed by atoms with Gasteiger partial charge in [-0.05, 0) is 49.2 Å². The third kappa shape index (κ3) is 4.90. The molecule has 3 aromatic carbocycles. The average molecular weight is 576 g/mol. The Balaban J connectivity index is 1.56. The second kappa shape index (κ2) is 11.5. The van der Waals surface area contributed by atoms with Gasteiger partial charge in [0.05, 0.1) is 34.1 Å². The van der Waals surface area contributed by atoms with Crippen LogP contribution in [0.4, 0.5) is 0 Å². The molecule has 1 aliphatic rings. The Labute approximate surface area is 246 Å². The van der Waals surface area contributed by atoms with Gasteiger partial charge in [0, 0.05) is 16.5 Å². The van der Waals surface area contributed by atoms with Crippen molar-refractivity contribution in [3.63, 3.8) is 0 Å². The number of nitrogens with one attached hydrogen (secondary N) is 1. The lowest BCUT2D eigenvalue weighted by Crippen LogP contribution is -2.39. The number of carbonyl (C=O) groups excluding carboxylic acids is 1. The van der Waals surface area contributed by atoms with E-state index in [1.807, 2.05) is 84.9 Å². The molecule has 0 bridgehead atoms. The summed E-state index contributed by atoms with van der Waals surface area (Å²) in [6, 6.07) is 24.8. The number of allylic oxidation sites excluding steroid dienone is 1. The molecule has 210 valence electrons. The molecular weight excluding hydrogens is 546 g/mol. The molecule has 7 nitrogen and oxygen atoms in total. The fourth-order valence-electron chi connectivity index (χ4n) is 5.29. The molecule has 0 aliphatic carbocycles. The summed E-state index contributed by atoms with van der Waals surface area (Å²) in [6.45, 7) is 7.82. The van der Waals surface area contributed by atoms with E-state index in [0.29, 0.717) is 33.0 Å². The van der Waals surface area contributed by atoms with Crippen molar-refractivity contribution in [1.29, 1.82) is 0 Å². The molecule has 8 heteroatoms. The average Bonchev–Trinajstić information content (AvgIpc) is 3.53. The van der Waals surface area contributed by atoms with E-state index in [4.69, 9.17) is 14.5 Å². The van der Waals surface area contributed by atoms with Crippen molar-refractivity contribution in [3.05, 3.63) is 134 Å². The number of esters is 1. The first-order valence-corrected chi connectivity index (χ1v) is 14.5. The molecule has 0 radical (unpaired) electrons. The van der Waals surface area contributed by atoms with Crippen molar-refractivity contribution in [2.24, 2.45) is 4.99 Å². The zero-order chi connectivity index (χ0) is 29.2. The molecule has 3 heterocycles. The molecule has 2 aromatic heterocycles. The Morgan fingerprint density at radius 1 is 1.07 bits per heavy atom. The first-order valence-electron chi connectivity index (χ1n) is 13.7. The fourth-order valence-corrected chi connectivity index (χ4v) is 6.31. The zero-order valence-corrected chi connectivity index (χ0v) is 24.1. The van der Waals surface area contributed by atoms with Crippen LogP contribution in [-0.4, -0.2) is 28.7 Å². The van der Waals surface area contributed by atoms with Crippen molar-refractivity contribution in [1.82, 2.24) is 9.55 Å². The zero-order valence-electron chi connectivity index (χ0n) is 23.3. The van der Waals surface area contributed by atoms with Crippen LogP contribution in [0.25, 0.3) is 28.2 Å². The number of carbonyl (C=O) groups is 1. The lowest BCUT2D eigenvalue weighted by molar-refractivity contribution is -0.139. The van der Waals surface area contributed by atoms with Crippen molar-refractivity contribution in [3.8, 4) is 17.0 Å². The molecule has 0 unspecified atom stereocenters. The van der Waals surface area contributed by atoms with E-state index < -0.39 is 12.0 Å². The Hall–Kier alpha value is -4.95. The van der Waals surface area contributed by atoms with E-state index in [-0.39, 0.29) is 12.2 Å². The molecule has 1 aliphatic heterocycles. The van der Waals surface area contributed by atoms with Crippen LogP contribution < -0.4 is 19.6 Å². The van der Waals surface area contributed by atoms with Crippen molar-refractivity contribution < 1.29 is 14.3 Å². The standard InChI is InChI=1S/C34H29N3O4S/c1-4-19-41-24-17-15-23(16-18-24)31-29(33(39)40-5-2)21(3)35-34-37(31)32(38)28(42-34)20-26-25-13-9-10-14-27(25)36-30(26)22-11-7-6-8-12-22/h4,6-18,20,31,36H,1,5,19H2,2-3H3/b28-20-/t31-/m1/s1. The number of para-hydroxylation sites is 1. The van der Waals surface area contributed by atoms with E-state index in [2.05, 4.69) is 11.6 Å². The van der Waals surface area contributed by atoms with E-state index in [0.717, 1.165) is 33.3 Å². The Morgan fingerprint density at radius 2 is 1.81 bits per heavy atom. The number of ether oxygens (including phenoxy) is 2. The topological polar surface area (TPSA) is 85.7 Å². The van der Waals surface area contributed by atoms with E-state index in [9.17, 15) is 9.59 Å². The van der Waals surface area contributed by atoms with Crippen LogP contribution in [0, 0.1) is 0 Å². The molecule has 0 saturated carbocycles. The molecule has 42 heavy (non-hydrogen) atoms. The van der Waals surface area contributed by atoms with Gasteiger partial charge in [-0.1, -0.05) is 84.7 Å². The third-order valence-corrected chi connectivity index (χ3v) is 8.15. The highest BCUT2D eigenvalue weighted by atomic mass is 32.1. The van der Waals surface area contributed by atoms with Gasteiger partial charge in [0.1, 0.15) is 12.4 Å². The van der Waals surface area contributed by atoms with Gasteiger partial charge in [-0.2, -0.15) is 0 Å². The molecule has 0 amide bonds. The lowest BCUT2D eigenvalue weighted by Gasteiger charge is -2.24. The second-order valence-electron chi connectivity index (χ2n) is 9.80. The first-order chi connectivity index (χ1) is 20.5. The summed E-state index contributed by atoms with van der Waals surface area (Å²) < 4.78 is 13.2. The van der Waals surface area contributed by atoms with Crippen molar-refractivity contribution in [2.75, 3.05) is 13.2 Å². The smallest absolute Gasteiger partial charge is 0.338 e. The predicted molar refractivity (Wildman–Crippen MR) is 166 cm³/mol. The van der Waals surface area contributed by atoms with Gasteiger partial charge in [-0.3, -0.25) is 9.36 Å². The maximum Gasteiger partial charge on any atom is 0.338 e. The molecule has 0 spiro atoms. The molecule has 0 saturated heterocycles. The highest BCUT2D eigenvalue weighted by Gasteiger charge is 2.33. The second-order valence-corrected chi connectivity index (χ2v) is 10.8. The van der Waals surface area contributed by atoms with Gasteiger partial charge in [0.25, 0.3) is 5.56 Å². The SMILES string of the molecule is C=CCOc1ccc([C@@H]2C(C(=O)OCC)=C(C)N=c3s/c(=C\c4c(-c5ccccc5)[nH]c5ccccc45)c(=O)n32)cc1. The summed E-state index contributed by atoms with van der Waals surface area (Å²) in [5.74, 6) is 0.172. The highest BCUT2D eigenvalue weighted by molar-refractivity contribution is 7.07. The minimum atomic E-state index is -0.701. The fraction of sp³-hybridized carbons (Fsp3) is 0.147. The van der Waals surface area contributed by atoms with Crippen LogP contribution in [0.5, 0.6) is 5.75 Å². The number of benzene rings is 3. The van der Waals surface area contributed by atoms with Gasteiger partial charge in [-0.15, -0.1) is 0 Å². The number of hydrogen-bond acceptors (Lipinski definition) is 6. The van der Waals surface area contributed by atoms with Crippen LogP contribution in [0.2, 0.25) is 0 Å². The number of nitrogens with zero attached hydrogens (tertiary/aromatic N) is 2. The predicted octanol–water partition coefficient (Wildman–Crippen LogP) is 5.51. The van der Waals surface area contributed by atoms with Crippen LogP contribution in [0.1, 0.15) is 31.0 Å². The summed E-state index contributed by atoms with van der Waals surface area (Å²) in [5, 5.41) is 1.01. The van der Waals surface area contributed by atoms with Crippen molar-refractivity contribution in [2.45, 2.75) is 19.9 Å². The summed E-state index contributed by atoms with van der Waals surface area (Å²) in [5.41, 5.74) is 5.24. The molecule has 1 N–H and O–H groups in total. The summed E-state index contributed by atoms with van der Waals surface area (Å²) in [6.07, 6.45) is 3.60. The van der Waals surface area contributed by atoms with Gasteiger partial charge < -0.3 is 14.5 Å². The van der Waals surface area contributed by atoms with Gasteiger partial charge in [0.2, 0.25) is 0 Å². The van der Waals surface area contributed by atoms with Gasteiger partial charge in [-0.25, -0.2) is 9.79 Å². The number of H-pyrrole nitrogens is 1. The van der Waals surface area contributed by atoms with E-state index >= 15 is 0 Å². The number of aromatic nitrogens is 2. The number of hydrogen-bond donors (Lipinski definition) is 1. The Bertz CT molecular complexity index is 2020. The van der Waals surface area contributed by atoms with E-state index in [1.54, 1.807) is 24.5 Å². The van der Waals surface area contributed by atoms with Crippen LogP contribution in [-0.2, 0) is 9.53 Å². The number of aromatic amines is 1. The molecule has 6 rings (SSSR count). The third-order valence-electron chi connectivity index (χ3n) is 7.16. The lowest BCUT2D eigenvalue weighted by atomic mass is 9.96. The molecular formula is C34H29N3O4S. The molecule has 5 aromatic rings. The van der Waals surface area contributed by atoms with E-state index in [1.165, 1.54) is 11.3 Å². The minimum Gasteiger partial charge on any atom is -0.490 e. The number of fused-ring (bicyclic) bond motifs is 2. The molecule has 0 fully saturated rings. The van der Waals surface area contributed by atoms with Crippen molar-refractivity contribution >= 4 is 34.3 Å². The van der Waals surface area contributed by atoms with Crippen LogP contribution >= 0.6 is 11.3 Å². The van der Waals surface area contributed by atoms with Gasteiger partial charge in [0.15, 0.2) is 4.80 Å². The minimum absolute atomic E-state index is 0.212. The quantitative estimate of drug-likeness (QED) is 0.195. The maximum atomic E-state index is 14.2. The number of thiazole rings is 1. The largest absolute Gasteiger partial charge is 0.490 e.